The van der Waals surface area contributed by atoms with Gasteiger partial charge in [-0.1, -0.05) is 17.7 Å². The third kappa shape index (κ3) is 3.64. The van der Waals surface area contributed by atoms with Crippen molar-refractivity contribution in [2.45, 2.75) is 12.7 Å². The Morgan fingerprint density at radius 1 is 1.00 bits per heavy atom. The lowest BCUT2D eigenvalue weighted by molar-refractivity contribution is -0.137. The van der Waals surface area contributed by atoms with Gasteiger partial charge < -0.3 is 5.32 Å². The maximum absolute atomic E-state index is 13.4. The Morgan fingerprint density at radius 3 is 2.19 bits per heavy atom. The maximum Gasteiger partial charge on any atom is 0.416 e. The Balaban J connectivity index is 2.24. The van der Waals surface area contributed by atoms with E-state index in [9.17, 15) is 22.0 Å². The Labute approximate surface area is 122 Å². The fraction of sp³-hybridized carbons (Fsp3) is 0.143. The molecule has 0 fully saturated rings. The quantitative estimate of drug-likeness (QED) is 0.761. The summed E-state index contributed by atoms with van der Waals surface area (Å²) in [7, 11) is 0. The molecular formula is C14H9ClF5N. The van der Waals surface area contributed by atoms with Crippen molar-refractivity contribution in [1.29, 1.82) is 0 Å². The highest BCUT2D eigenvalue weighted by molar-refractivity contribution is 6.33. The number of hydrogen-bond donors (Lipinski definition) is 1. The van der Waals surface area contributed by atoms with Crippen molar-refractivity contribution < 1.29 is 22.0 Å². The van der Waals surface area contributed by atoms with Gasteiger partial charge in [-0.05, 0) is 30.3 Å². The van der Waals surface area contributed by atoms with E-state index in [1.165, 1.54) is 6.07 Å². The summed E-state index contributed by atoms with van der Waals surface area (Å²) in [5, 5.41) is 2.54. The Bertz CT molecular complexity index is 634. The van der Waals surface area contributed by atoms with Gasteiger partial charge in [0.05, 0.1) is 16.3 Å². The molecule has 21 heavy (non-hydrogen) atoms. The second-order valence-corrected chi connectivity index (χ2v) is 4.65. The topological polar surface area (TPSA) is 12.0 Å². The van der Waals surface area contributed by atoms with Crippen LogP contribution in [0.1, 0.15) is 11.1 Å². The van der Waals surface area contributed by atoms with Crippen molar-refractivity contribution in [3.63, 3.8) is 0 Å². The second kappa shape index (κ2) is 5.89. The molecule has 0 spiro atoms. The van der Waals surface area contributed by atoms with E-state index in [1.807, 2.05) is 0 Å². The van der Waals surface area contributed by atoms with Crippen LogP contribution in [0.2, 0.25) is 5.02 Å². The highest BCUT2D eigenvalue weighted by atomic mass is 35.5. The molecule has 0 aliphatic carbocycles. The zero-order valence-corrected chi connectivity index (χ0v) is 11.2. The SMILES string of the molecule is Fc1cccc(F)c1CNc1cc(C(F)(F)F)ccc1Cl. The Kier molecular flexibility index (Phi) is 4.37. The van der Waals surface area contributed by atoms with Crippen LogP contribution in [-0.2, 0) is 12.7 Å². The summed E-state index contributed by atoms with van der Waals surface area (Å²) < 4.78 is 64.7. The molecule has 7 heteroatoms. The van der Waals surface area contributed by atoms with Gasteiger partial charge in [0, 0.05) is 12.1 Å². The van der Waals surface area contributed by atoms with Crippen LogP contribution in [0.4, 0.5) is 27.6 Å². The number of benzene rings is 2. The van der Waals surface area contributed by atoms with Gasteiger partial charge in [0.1, 0.15) is 11.6 Å². The highest BCUT2D eigenvalue weighted by Gasteiger charge is 2.30. The van der Waals surface area contributed by atoms with Crippen LogP contribution in [0, 0.1) is 11.6 Å². The van der Waals surface area contributed by atoms with Crippen molar-refractivity contribution in [1.82, 2.24) is 0 Å². The zero-order valence-electron chi connectivity index (χ0n) is 10.4. The number of rotatable bonds is 3. The molecule has 1 nitrogen and oxygen atoms in total. The molecule has 0 aromatic heterocycles. The monoisotopic (exact) mass is 321 g/mol. The lowest BCUT2D eigenvalue weighted by atomic mass is 10.1. The van der Waals surface area contributed by atoms with E-state index >= 15 is 0 Å². The molecule has 0 radical (unpaired) electrons. The predicted octanol–water partition coefficient (Wildman–Crippen LogP) is 5.25. The number of alkyl halides is 3. The highest BCUT2D eigenvalue weighted by Crippen LogP contribution is 2.34. The molecule has 0 bridgehead atoms. The van der Waals surface area contributed by atoms with E-state index in [-0.39, 0.29) is 22.8 Å². The van der Waals surface area contributed by atoms with Crippen molar-refractivity contribution in [2.24, 2.45) is 0 Å². The molecule has 0 saturated heterocycles. The van der Waals surface area contributed by atoms with Crippen LogP contribution in [0.15, 0.2) is 36.4 Å². The molecule has 0 aliphatic heterocycles. The number of halogens is 6. The first-order valence-corrected chi connectivity index (χ1v) is 6.20. The molecule has 112 valence electrons. The Hall–Kier alpha value is -1.82. The van der Waals surface area contributed by atoms with E-state index in [1.54, 1.807) is 0 Å². The second-order valence-electron chi connectivity index (χ2n) is 4.25. The third-order valence-corrected chi connectivity index (χ3v) is 3.14. The smallest absolute Gasteiger partial charge is 0.380 e. The van der Waals surface area contributed by atoms with Gasteiger partial charge in [0.25, 0.3) is 0 Å². The molecule has 1 N–H and O–H groups in total. The van der Waals surface area contributed by atoms with Crippen molar-refractivity contribution in [3.8, 4) is 0 Å². The normalized spacial score (nSPS) is 11.5. The number of anilines is 1. The predicted molar refractivity (Wildman–Crippen MR) is 70.1 cm³/mol. The van der Waals surface area contributed by atoms with Gasteiger partial charge in [-0.25, -0.2) is 8.78 Å². The molecule has 2 rings (SSSR count). The lowest BCUT2D eigenvalue weighted by Gasteiger charge is -2.13. The minimum absolute atomic E-state index is 0.0275. The molecule has 0 aliphatic rings. The first-order chi connectivity index (χ1) is 9.79. The largest absolute Gasteiger partial charge is 0.416 e. The molecule has 0 heterocycles. The third-order valence-electron chi connectivity index (χ3n) is 2.81. The molecule has 0 saturated carbocycles. The molecule has 2 aromatic rings. The molecular weight excluding hydrogens is 313 g/mol. The summed E-state index contributed by atoms with van der Waals surface area (Å²) in [6.45, 7) is -0.320. The van der Waals surface area contributed by atoms with E-state index in [0.717, 1.165) is 30.3 Å². The molecule has 0 unspecified atom stereocenters. The van der Waals surface area contributed by atoms with Crippen LogP contribution in [0.3, 0.4) is 0 Å². The maximum atomic E-state index is 13.4. The summed E-state index contributed by atoms with van der Waals surface area (Å²) in [6.07, 6.45) is -4.52. The lowest BCUT2D eigenvalue weighted by Crippen LogP contribution is -2.08. The van der Waals surface area contributed by atoms with Gasteiger partial charge in [-0.3, -0.25) is 0 Å². The summed E-state index contributed by atoms with van der Waals surface area (Å²) in [4.78, 5) is 0. The summed E-state index contributed by atoms with van der Waals surface area (Å²) >= 11 is 5.77. The molecule has 2 aromatic carbocycles. The van der Waals surface area contributed by atoms with Crippen LogP contribution in [0.25, 0.3) is 0 Å². The van der Waals surface area contributed by atoms with Crippen LogP contribution in [-0.4, -0.2) is 0 Å². The standard InChI is InChI=1S/C14H9ClF5N/c15-10-5-4-8(14(18,19)20)6-13(10)21-7-9-11(16)2-1-3-12(9)17/h1-6,21H,7H2. The fourth-order valence-corrected chi connectivity index (χ4v) is 1.91. The first kappa shape index (κ1) is 15.6. The first-order valence-electron chi connectivity index (χ1n) is 5.82. The van der Waals surface area contributed by atoms with Gasteiger partial charge in [-0.15, -0.1) is 0 Å². The van der Waals surface area contributed by atoms with Crippen LogP contribution in [0.5, 0.6) is 0 Å². The van der Waals surface area contributed by atoms with E-state index in [4.69, 9.17) is 11.6 Å². The van der Waals surface area contributed by atoms with Crippen molar-refractivity contribution >= 4 is 17.3 Å². The number of nitrogens with one attached hydrogen (secondary N) is 1. The minimum Gasteiger partial charge on any atom is -0.380 e. The van der Waals surface area contributed by atoms with E-state index in [0.29, 0.717) is 0 Å². The van der Waals surface area contributed by atoms with E-state index in [2.05, 4.69) is 5.32 Å². The van der Waals surface area contributed by atoms with Gasteiger partial charge >= 0.3 is 6.18 Å². The summed E-state index contributed by atoms with van der Waals surface area (Å²) in [5.41, 5.74) is -1.22. The van der Waals surface area contributed by atoms with Crippen LogP contribution < -0.4 is 5.32 Å². The van der Waals surface area contributed by atoms with Crippen LogP contribution >= 0.6 is 11.6 Å². The average molecular weight is 322 g/mol. The van der Waals surface area contributed by atoms with Gasteiger partial charge in [0.15, 0.2) is 0 Å². The summed E-state index contributed by atoms with van der Waals surface area (Å²) in [5.74, 6) is -1.57. The van der Waals surface area contributed by atoms with Crippen molar-refractivity contribution in [2.75, 3.05) is 5.32 Å². The number of hydrogen-bond acceptors (Lipinski definition) is 1. The summed E-state index contributed by atoms with van der Waals surface area (Å²) in [6, 6.07) is 6.02. The molecule has 0 amide bonds. The Morgan fingerprint density at radius 2 is 1.62 bits per heavy atom. The molecule has 0 atom stereocenters. The van der Waals surface area contributed by atoms with Gasteiger partial charge in [-0.2, -0.15) is 13.2 Å². The zero-order chi connectivity index (χ0) is 15.6. The average Bonchev–Trinajstić information content (AvgIpc) is 2.38. The fourth-order valence-electron chi connectivity index (χ4n) is 1.72. The van der Waals surface area contributed by atoms with Gasteiger partial charge in [0.2, 0.25) is 0 Å². The minimum atomic E-state index is -4.52. The van der Waals surface area contributed by atoms with E-state index < -0.39 is 23.4 Å². The van der Waals surface area contributed by atoms with Crippen molar-refractivity contribution in [3.05, 3.63) is 64.2 Å².